The molecule has 0 radical (unpaired) electrons. The molecule has 2 aromatic carbocycles. The average Bonchev–Trinajstić information content (AvgIpc) is 2.92. The van der Waals surface area contributed by atoms with Crippen molar-refractivity contribution in [1.29, 1.82) is 0 Å². The monoisotopic (exact) mass is 369 g/mol. The number of ether oxygens (including phenoxy) is 2. The molecule has 7 heteroatoms. The summed E-state index contributed by atoms with van der Waals surface area (Å²) in [4.78, 5) is 37.2. The van der Waals surface area contributed by atoms with Crippen LogP contribution < -0.4 is 4.74 Å². The number of β-amino-alcohol motifs (C(OH)–C–C–N with tert-alkyl or cyclic N) is 1. The van der Waals surface area contributed by atoms with Gasteiger partial charge in [0.2, 0.25) is 0 Å². The van der Waals surface area contributed by atoms with Crippen LogP contribution in [0.3, 0.4) is 0 Å². The maximum atomic E-state index is 12.3. The molecule has 0 aliphatic carbocycles. The first-order valence-corrected chi connectivity index (χ1v) is 8.54. The summed E-state index contributed by atoms with van der Waals surface area (Å²) in [6, 6.07) is 12.8. The Bertz CT molecular complexity index is 826. The quantitative estimate of drug-likeness (QED) is 0.592. The van der Waals surface area contributed by atoms with Gasteiger partial charge in [0.1, 0.15) is 18.5 Å². The molecule has 27 heavy (non-hydrogen) atoms. The van der Waals surface area contributed by atoms with Crippen LogP contribution in [0.2, 0.25) is 0 Å². The minimum absolute atomic E-state index is 0.105. The number of nitrogens with zero attached hydrogens (tertiary/aromatic N) is 1. The maximum Gasteiger partial charge on any atom is 0.338 e. The Hall–Kier alpha value is -3.19. The number of aliphatic hydroxyl groups is 1. The normalized spacial score (nSPS) is 14.1. The third-order valence-electron chi connectivity index (χ3n) is 4.08. The van der Waals surface area contributed by atoms with Gasteiger partial charge < -0.3 is 14.6 Å². The topological polar surface area (TPSA) is 93.1 Å². The van der Waals surface area contributed by atoms with Crippen molar-refractivity contribution in [2.75, 3.05) is 19.8 Å². The summed E-state index contributed by atoms with van der Waals surface area (Å²) in [6.07, 6.45) is -1.04. The zero-order valence-corrected chi connectivity index (χ0v) is 14.8. The average molecular weight is 369 g/mol. The first kappa shape index (κ1) is 18.6. The number of carbonyl (C=O) groups excluding carboxylic acids is 3. The van der Waals surface area contributed by atoms with Crippen molar-refractivity contribution in [2.45, 2.75) is 13.0 Å². The predicted molar refractivity (Wildman–Crippen MR) is 95.7 cm³/mol. The van der Waals surface area contributed by atoms with Crippen molar-refractivity contribution in [3.8, 4) is 5.75 Å². The molecule has 1 aliphatic rings. The summed E-state index contributed by atoms with van der Waals surface area (Å²) >= 11 is 0. The summed E-state index contributed by atoms with van der Waals surface area (Å²) in [5.41, 5.74) is 1.08. The number of imide groups is 1. The largest absolute Gasteiger partial charge is 0.491 e. The second-order valence-electron chi connectivity index (χ2n) is 5.98. The van der Waals surface area contributed by atoms with Gasteiger partial charge in [-0.3, -0.25) is 14.5 Å². The molecule has 0 spiro atoms. The van der Waals surface area contributed by atoms with Gasteiger partial charge in [0, 0.05) is 0 Å². The van der Waals surface area contributed by atoms with E-state index in [1.54, 1.807) is 55.5 Å². The molecule has 1 atom stereocenters. The van der Waals surface area contributed by atoms with Gasteiger partial charge in [0.25, 0.3) is 11.8 Å². The Labute approximate surface area is 156 Å². The number of hydrogen-bond acceptors (Lipinski definition) is 6. The highest BCUT2D eigenvalue weighted by Gasteiger charge is 2.36. The van der Waals surface area contributed by atoms with Crippen molar-refractivity contribution in [2.24, 2.45) is 0 Å². The fourth-order valence-electron chi connectivity index (χ4n) is 2.76. The van der Waals surface area contributed by atoms with Gasteiger partial charge in [-0.1, -0.05) is 12.1 Å². The molecule has 1 unspecified atom stereocenters. The van der Waals surface area contributed by atoms with Crippen LogP contribution in [0.15, 0.2) is 48.5 Å². The summed E-state index contributed by atoms with van der Waals surface area (Å²) in [5.74, 6) is -0.818. The lowest BCUT2D eigenvalue weighted by atomic mass is 10.1. The van der Waals surface area contributed by atoms with Crippen molar-refractivity contribution in [1.82, 2.24) is 4.90 Å². The number of amides is 2. The van der Waals surface area contributed by atoms with E-state index in [0.29, 0.717) is 29.0 Å². The van der Waals surface area contributed by atoms with Crippen LogP contribution in [-0.4, -0.2) is 53.7 Å². The number of aliphatic hydroxyl groups excluding tert-OH is 1. The number of carbonyl (C=O) groups is 3. The maximum absolute atomic E-state index is 12.3. The Balaban J connectivity index is 1.55. The van der Waals surface area contributed by atoms with Gasteiger partial charge in [0.05, 0.1) is 29.8 Å². The highest BCUT2D eigenvalue weighted by molar-refractivity contribution is 6.21. The summed E-state index contributed by atoms with van der Waals surface area (Å²) in [5, 5.41) is 10.2. The summed E-state index contributed by atoms with van der Waals surface area (Å²) in [7, 11) is 0. The zero-order valence-electron chi connectivity index (χ0n) is 14.8. The fourth-order valence-corrected chi connectivity index (χ4v) is 2.76. The SMILES string of the molecule is CCOC(=O)c1ccc(OCC(O)CN2C(=O)c3ccccc3C2=O)cc1. The number of esters is 1. The lowest BCUT2D eigenvalue weighted by Gasteiger charge is -2.19. The van der Waals surface area contributed by atoms with E-state index in [1.807, 2.05) is 0 Å². The second kappa shape index (κ2) is 8.01. The molecule has 1 heterocycles. The minimum Gasteiger partial charge on any atom is -0.491 e. The fraction of sp³-hybridized carbons (Fsp3) is 0.250. The lowest BCUT2D eigenvalue weighted by Crippen LogP contribution is -2.39. The molecule has 0 fully saturated rings. The van der Waals surface area contributed by atoms with Crippen LogP contribution in [-0.2, 0) is 4.74 Å². The summed E-state index contributed by atoms with van der Waals surface area (Å²) in [6.45, 7) is 1.76. The van der Waals surface area contributed by atoms with Gasteiger partial charge >= 0.3 is 5.97 Å². The molecule has 0 saturated carbocycles. The molecule has 140 valence electrons. The van der Waals surface area contributed by atoms with Crippen molar-refractivity contribution < 1.29 is 29.0 Å². The zero-order chi connectivity index (χ0) is 19.4. The molecule has 0 saturated heterocycles. The van der Waals surface area contributed by atoms with Gasteiger partial charge in [-0.25, -0.2) is 4.79 Å². The van der Waals surface area contributed by atoms with Crippen LogP contribution in [0, 0.1) is 0 Å². The Kier molecular flexibility index (Phi) is 5.52. The molecule has 3 rings (SSSR count). The number of fused-ring (bicyclic) bond motifs is 1. The predicted octanol–water partition coefficient (Wildman–Crippen LogP) is 1.90. The van der Waals surface area contributed by atoms with Gasteiger partial charge in [0.15, 0.2) is 0 Å². The molecular weight excluding hydrogens is 350 g/mol. The van der Waals surface area contributed by atoms with Crippen molar-refractivity contribution in [3.05, 3.63) is 65.2 Å². The lowest BCUT2D eigenvalue weighted by molar-refractivity contribution is 0.0456. The van der Waals surface area contributed by atoms with E-state index in [9.17, 15) is 19.5 Å². The minimum atomic E-state index is -1.04. The standard InChI is InChI=1S/C20H19NO6/c1-2-26-20(25)13-7-9-15(10-8-13)27-12-14(22)11-21-18(23)16-5-3-4-6-17(16)19(21)24/h3-10,14,22H,2,11-12H2,1H3. The third-order valence-corrected chi connectivity index (χ3v) is 4.08. The molecule has 7 nitrogen and oxygen atoms in total. The van der Waals surface area contributed by atoms with E-state index in [1.165, 1.54) is 0 Å². The van der Waals surface area contributed by atoms with Crippen LogP contribution in [0.5, 0.6) is 5.75 Å². The molecular formula is C20H19NO6. The van der Waals surface area contributed by atoms with E-state index in [4.69, 9.17) is 9.47 Å². The van der Waals surface area contributed by atoms with E-state index >= 15 is 0 Å². The molecule has 2 amide bonds. The van der Waals surface area contributed by atoms with Crippen LogP contribution in [0.25, 0.3) is 0 Å². The highest BCUT2D eigenvalue weighted by atomic mass is 16.5. The highest BCUT2D eigenvalue weighted by Crippen LogP contribution is 2.22. The van der Waals surface area contributed by atoms with Gasteiger partial charge in [-0.05, 0) is 43.3 Å². The Morgan fingerprint density at radius 2 is 1.63 bits per heavy atom. The number of benzene rings is 2. The van der Waals surface area contributed by atoms with E-state index < -0.39 is 23.9 Å². The molecule has 0 aromatic heterocycles. The van der Waals surface area contributed by atoms with Crippen LogP contribution >= 0.6 is 0 Å². The van der Waals surface area contributed by atoms with E-state index in [2.05, 4.69) is 0 Å². The van der Waals surface area contributed by atoms with Crippen molar-refractivity contribution in [3.63, 3.8) is 0 Å². The van der Waals surface area contributed by atoms with E-state index in [-0.39, 0.29) is 13.2 Å². The van der Waals surface area contributed by atoms with E-state index in [0.717, 1.165) is 4.90 Å². The molecule has 2 aromatic rings. The van der Waals surface area contributed by atoms with Gasteiger partial charge in [-0.15, -0.1) is 0 Å². The smallest absolute Gasteiger partial charge is 0.338 e. The molecule has 0 bridgehead atoms. The number of hydrogen-bond donors (Lipinski definition) is 1. The molecule has 1 N–H and O–H groups in total. The van der Waals surface area contributed by atoms with Crippen LogP contribution in [0.4, 0.5) is 0 Å². The Morgan fingerprint density at radius 3 is 2.19 bits per heavy atom. The van der Waals surface area contributed by atoms with Crippen LogP contribution in [0.1, 0.15) is 38.0 Å². The first-order valence-electron chi connectivity index (χ1n) is 8.54. The van der Waals surface area contributed by atoms with Crippen molar-refractivity contribution >= 4 is 17.8 Å². The second-order valence-corrected chi connectivity index (χ2v) is 5.98. The third kappa shape index (κ3) is 3.98. The first-order chi connectivity index (χ1) is 13.0. The Morgan fingerprint density at radius 1 is 1.04 bits per heavy atom. The molecule has 1 aliphatic heterocycles. The van der Waals surface area contributed by atoms with Gasteiger partial charge in [-0.2, -0.15) is 0 Å². The summed E-state index contributed by atoms with van der Waals surface area (Å²) < 4.78 is 10.4. The number of rotatable bonds is 7.